The van der Waals surface area contributed by atoms with Gasteiger partial charge in [0.05, 0.1) is 6.21 Å². The molecule has 11 heteroatoms. The minimum atomic E-state index is -0.938. The molecule has 1 aliphatic heterocycles. The van der Waals surface area contributed by atoms with Gasteiger partial charge in [0, 0.05) is 22.3 Å². The monoisotopic (exact) mass is 580 g/mol. The maximum Gasteiger partial charge on any atom is 0.329 e. The molecule has 10 nitrogen and oxygen atoms in total. The zero-order valence-electron chi connectivity index (χ0n) is 20.7. The third kappa shape index (κ3) is 7.10. The molecule has 0 fully saturated rings. The van der Waals surface area contributed by atoms with Crippen LogP contribution in [0, 0.1) is 13.8 Å². The van der Waals surface area contributed by atoms with E-state index >= 15 is 0 Å². The molecular formula is C27H25BrN4O6. The Labute approximate surface area is 227 Å². The van der Waals surface area contributed by atoms with Crippen LogP contribution in [0.5, 0.6) is 17.2 Å². The quantitative estimate of drug-likeness (QED) is 0.212. The summed E-state index contributed by atoms with van der Waals surface area (Å²) < 4.78 is 17.0. The van der Waals surface area contributed by atoms with Crippen molar-refractivity contribution >= 4 is 45.6 Å². The van der Waals surface area contributed by atoms with Crippen molar-refractivity contribution in [3.63, 3.8) is 0 Å². The molecule has 0 aromatic heterocycles. The van der Waals surface area contributed by atoms with Gasteiger partial charge in [-0.1, -0.05) is 28.1 Å². The Morgan fingerprint density at radius 1 is 0.974 bits per heavy atom. The highest BCUT2D eigenvalue weighted by molar-refractivity contribution is 9.10. The zero-order valence-corrected chi connectivity index (χ0v) is 22.3. The van der Waals surface area contributed by atoms with Crippen LogP contribution in [-0.2, 0) is 20.9 Å². The minimum Gasteiger partial charge on any atom is -0.483 e. The van der Waals surface area contributed by atoms with E-state index < -0.39 is 11.8 Å². The highest BCUT2D eigenvalue weighted by atomic mass is 79.9. The van der Waals surface area contributed by atoms with Gasteiger partial charge in [-0.25, -0.2) is 5.43 Å². The van der Waals surface area contributed by atoms with E-state index in [4.69, 9.17) is 14.2 Å². The number of halogens is 1. The molecule has 0 saturated carbocycles. The van der Waals surface area contributed by atoms with Gasteiger partial charge in [0.2, 0.25) is 6.79 Å². The normalized spacial score (nSPS) is 11.8. The number of carbonyl (C=O) groups is 3. The van der Waals surface area contributed by atoms with E-state index in [1.807, 2.05) is 32.0 Å². The number of rotatable bonds is 8. The molecule has 3 aromatic carbocycles. The number of hydrogen-bond acceptors (Lipinski definition) is 7. The lowest BCUT2D eigenvalue weighted by Gasteiger charge is -2.11. The summed E-state index contributed by atoms with van der Waals surface area (Å²) in [6, 6.07) is 16.0. The lowest BCUT2D eigenvalue weighted by molar-refractivity contribution is -0.139. The van der Waals surface area contributed by atoms with Crippen LogP contribution < -0.4 is 30.3 Å². The van der Waals surface area contributed by atoms with Gasteiger partial charge in [-0.2, -0.15) is 5.10 Å². The van der Waals surface area contributed by atoms with E-state index in [9.17, 15) is 14.4 Å². The van der Waals surface area contributed by atoms with Crippen molar-refractivity contribution in [2.24, 2.45) is 5.10 Å². The molecule has 0 bridgehead atoms. The van der Waals surface area contributed by atoms with Gasteiger partial charge < -0.3 is 24.8 Å². The first-order valence-electron chi connectivity index (χ1n) is 11.6. The SMILES string of the molecule is Cc1ccc(NC(=O)COc2ccc(Br)cc2/C=N\NC(=O)C(=O)NCc2ccc3c(c2)OCO3)cc1C. The average molecular weight is 581 g/mol. The van der Waals surface area contributed by atoms with Gasteiger partial charge in [0.15, 0.2) is 18.1 Å². The number of nitrogens with zero attached hydrogens (tertiary/aromatic N) is 1. The van der Waals surface area contributed by atoms with Crippen LogP contribution >= 0.6 is 15.9 Å². The molecule has 38 heavy (non-hydrogen) atoms. The molecule has 4 rings (SSSR count). The number of anilines is 1. The Balaban J connectivity index is 1.28. The van der Waals surface area contributed by atoms with Crippen LogP contribution in [-0.4, -0.2) is 37.3 Å². The summed E-state index contributed by atoms with van der Waals surface area (Å²) in [6.07, 6.45) is 1.32. The van der Waals surface area contributed by atoms with Crippen molar-refractivity contribution in [2.45, 2.75) is 20.4 Å². The minimum absolute atomic E-state index is 0.125. The van der Waals surface area contributed by atoms with E-state index in [0.29, 0.717) is 28.5 Å². The molecule has 3 aromatic rings. The molecule has 0 spiro atoms. The molecule has 3 N–H and O–H groups in total. The molecular weight excluding hydrogens is 556 g/mol. The Hall–Kier alpha value is -4.38. The van der Waals surface area contributed by atoms with Crippen LogP contribution in [0.25, 0.3) is 0 Å². The second kappa shape index (κ2) is 12.2. The van der Waals surface area contributed by atoms with Crippen LogP contribution in [0.1, 0.15) is 22.3 Å². The predicted octanol–water partition coefficient (Wildman–Crippen LogP) is 3.58. The van der Waals surface area contributed by atoms with Gasteiger partial charge in [-0.3, -0.25) is 14.4 Å². The molecule has 0 radical (unpaired) electrons. The predicted molar refractivity (Wildman–Crippen MR) is 144 cm³/mol. The van der Waals surface area contributed by atoms with E-state index in [1.54, 1.807) is 36.4 Å². The number of amides is 3. The summed E-state index contributed by atoms with van der Waals surface area (Å²) in [5, 5.41) is 9.17. The topological polar surface area (TPSA) is 127 Å². The number of aryl methyl sites for hydroxylation is 2. The number of benzene rings is 3. The van der Waals surface area contributed by atoms with Crippen molar-refractivity contribution in [2.75, 3.05) is 18.7 Å². The number of carbonyl (C=O) groups excluding carboxylic acids is 3. The standard InChI is InChI=1S/C27H25BrN4O6/c1-16-3-6-21(9-17(16)2)31-25(33)14-36-22-8-5-20(28)11-19(22)13-30-32-27(35)26(34)29-12-18-4-7-23-24(10-18)38-15-37-23/h3-11,13H,12,14-15H2,1-2H3,(H,29,34)(H,31,33)(H,32,35)/b30-13-. The maximum absolute atomic E-state index is 12.4. The highest BCUT2D eigenvalue weighted by Gasteiger charge is 2.16. The summed E-state index contributed by atoms with van der Waals surface area (Å²) >= 11 is 3.37. The summed E-state index contributed by atoms with van der Waals surface area (Å²) in [7, 11) is 0. The van der Waals surface area contributed by atoms with Gasteiger partial charge >= 0.3 is 11.8 Å². The Kier molecular flexibility index (Phi) is 8.59. The van der Waals surface area contributed by atoms with E-state index in [1.165, 1.54) is 6.21 Å². The fraction of sp³-hybridized carbons (Fsp3) is 0.185. The number of hydrazone groups is 1. The van der Waals surface area contributed by atoms with Crippen LogP contribution in [0.2, 0.25) is 0 Å². The first-order chi connectivity index (χ1) is 18.3. The van der Waals surface area contributed by atoms with Gasteiger partial charge in [0.25, 0.3) is 5.91 Å². The second-order valence-electron chi connectivity index (χ2n) is 8.39. The first kappa shape index (κ1) is 26.7. The molecule has 0 atom stereocenters. The average Bonchev–Trinajstić information content (AvgIpc) is 3.37. The van der Waals surface area contributed by atoms with Crippen LogP contribution in [0.4, 0.5) is 5.69 Å². The smallest absolute Gasteiger partial charge is 0.329 e. The fourth-order valence-electron chi connectivity index (χ4n) is 3.44. The molecule has 0 saturated heterocycles. The molecule has 3 amide bonds. The number of fused-ring (bicyclic) bond motifs is 1. The fourth-order valence-corrected chi connectivity index (χ4v) is 3.81. The molecule has 1 aliphatic rings. The van der Waals surface area contributed by atoms with E-state index in [-0.39, 0.29) is 25.9 Å². The molecule has 196 valence electrons. The maximum atomic E-state index is 12.4. The lowest BCUT2D eigenvalue weighted by Crippen LogP contribution is -2.37. The Bertz CT molecular complexity index is 1410. The molecule has 0 aliphatic carbocycles. The van der Waals surface area contributed by atoms with Crippen molar-refractivity contribution in [3.8, 4) is 17.2 Å². The van der Waals surface area contributed by atoms with Crippen LogP contribution in [0.15, 0.2) is 64.2 Å². The highest BCUT2D eigenvalue weighted by Crippen LogP contribution is 2.32. The van der Waals surface area contributed by atoms with E-state index in [2.05, 4.69) is 37.1 Å². The summed E-state index contributed by atoms with van der Waals surface area (Å²) in [6.45, 7) is 4.01. The third-order valence-electron chi connectivity index (χ3n) is 5.59. The largest absolute Gasteiger partial charge is 0.483 e. The van der Waals surface area contributed by atoms with Gasteiger partial charge in [-0.15, -0.1) is 0 Å². The molecule has 0 unspecified atom stereocenters. The first-order valence-corrected chi connectivity index (χ1v) is 12.4. The number of nitrogens with one attached hydrogen (secondary N) is 3. The van der Waals surface area contributed by atoms with E-state index in [0.717, 1.165) is 21.2 Å². The second-order valence-corrected chi connectivity index (χ2v) is 9.30. The number of ether oxygens (including phenoxy) is 3. The molecule has 1 heterocycles. The van der Waals surface area contributed by atoms with Crippen molar-refractivity contribution < 1.29 is 28.6 Å². The lowest BCUT2D eigenvalue weighted by atomic mass is 10.1. The van der Waals surface area contributed by atoms with Gasteiger partial charge in [-0.05, 0) is 73.0 Å². The third-order valence-corrected chi connectivity index (χ3v) is 6.08. The van der Waals surface area contributed by atoms with Crippen molar-refractivity contribution in [3.05, 3.63) is 81.3 Å². The Morgan fingerprint density at radius 2 is 1.79 bits per heavy atom. The Morgan fingerprint density at radius 3 is 2.61 bits per heavy atom. The summed E-state index contributed by atoms with van der Waals surface area (Å²) in [4.78, 5) is 36.7. The van der Waals surface area contributed by atoms with Crippen molar-refractivity contribution in [1.82, 2.24) is 10.7 Å². The zero-order chi connectivity index (χ0) is 27.1. The summed E-state index contributed by atoms with van der Waals surface area (Å²) in [5.41, 5.74) is 6.30. The number of hydrogen-bond donors (Lipinski definition) is 3. The van der Waals surface area contributed by atoms with Gasteiger partial charge in [0.1, 0.15) is 5.75 Å². The van der Waals surface area contributed by atoms with Crippen LogP contribution in [0.3, 0.4) is 0 Å². The summed E-state index contributed by atoms with van der Waals surface area (Å²) in [5.74, 6) is -0.536. The van der Waals surface area contributed by atoms with Crippen molar-refractivity contribution in [1.29, 1.82) is 0 Å².